The second-order valence-electron chi connectivity index (χ2n) is 7.14. The second-order valence-corrected chi connectivity index (χ2v) is 7.14. The van der Waals surface area contributed by atoms with Gasteiger partial charge in [-0.05, 0) is 48.9 Å². The van der Waals surface area contributed by atoms with Crippen LogP contribution in [0.2, 0.25) is 0 Å². The Morgan fingerprint density at radius 3 is 2.52 bits per heavy atom. The molecule has 2 aliphatic rings. The molecule has 2 fully saturated rings. The summed E-state index contributed by atoms with van der Waals surface area (Å²) in [6.45, 7) is 3.07. The molecule has 0 radical (unpaired) electrons. The van der Waals surface area contributed by atoms with Gasteiger partial charge in [-0.3, -0.25) is 9.88 Å². The SMILES string of the molecule is C(=C1CCN(C2CCC2)CC1)c1ccc(COc2cccnc2)cc1. The third kappa shape index (κ3) is 4.29. The van der Waals surface area contributed by atoms with Gasteiger partial charge < -0.3 is 4.74 Å². The Labute approximate surface area is 150 Å². The Bertz CT molecular complexity index is 695. The first kappa shape index (κ1) is 16.3. The number of hydrogen-bond acceptors (Lipinski definition) is 3. The number of pyridine rings is 1. The third-order valence-corrected chi connectivity index (χ3v) is 5.42. The summed E-state index contributed by atoms with van der Waals surface area (Å²) in [5.74, 6) is 0.812. The van der Waals surface area contributed by atoms with Crippen molar-refractivity contribution in [3.05, 3.63) is 65.5 Å². The molecule has 0 spiro atoms. The number of rotatable bonds is 5. The highest BCUT2D eigenvalue weighted by Gasteiger charge is 2.26. The van der Waals surface area contributed by atoms with Crippen LogP contribution in [-0.4, -0.2) is 29.0 Å². The molecule has 0 bridgehead atoms. The summed E-state index contributed by atoms with van der Waals surface area (Å²) in [6, 6.07) is 13.4. The van der Waals surface area contributed by atoms with Gasteiger partial charge in [0.15, 0.2) is 0 Å². The van der Waals surface area contributed by atoms with Gasteiger partial charge in [0.2, 0.25) is 0 Å². The molecular weight excluding hydrogens is 308 g/mol. The topological polar surface area (TPSA) is 25.4 Å². The molecule has 3 nitrogen and oxygen atoms in total. The van der Waals surface area contributed by atoms with E-state index in [2.05, 4.69) is 40.2 Å². The lowest BCUT2D eigenvalue weighted by Gasteiger charge is -2.40. The van der Waals surface area contributed by atoms with Crippen molar-refractivity contribution in [3.8, 4) is 5.75 Å². The summed E-state index contributed by atoms with van der Waals surface area (Å²) >= 11 is 0. The fraction of sp³-hybridized carbons (Fsp3) is 0.409. The van der Waals surface area contributed by atoms with Crippen LogP contribution in [0.3, 0.4) is 0 Å². The van der Waals surface area contributed by atoms with Crippen molar-refractivity contribution >= 4 is 6.08 Å². The summed E-state index contributed by atoms with van der Waals surface area (Å²) < 4.78 is 5.75. The van der Waals surface area contributed by atoms with Crippen molar-refractivity contribution in [1.82, 2.24) is 9.88 Å². The minimum absolute atomic E-state index is 0.582. The van der Waals surface area contributed by atoms with E-state index < -0.39 is 0 Å². The van der Waals surface area contributed by atoms with Crippen LogP contribution in [0, 0.1) is 0 Å². The Kier molecular flexibility index (Phi) is 5.12. The molecule has 130 valence electrons. The minimum Gasteiger partial charge on any atom is -0.487 e. The smallest absolute Gasteiger partial charge is 0.138 e. The first-order chi connectivity index (χ1) is 12.4. The fourth-order valence-electron chi connectivity index (χ4n) is 3.62. The summed E-state index contributed by atoms with van der Waals surface area (Å²) in [7, 11) is 0. The predicted molar refractivity (Wildman–Crippen MR) is 101 cm³/mol. The highest BCUT2D eigenvalue weighted by Crippen LogP contribution is 2.29. The fourth-order valence-corrected chi connectivity index (χ4v) is 3.62. The van der Waals surface area contributed by atoms with E-state index in [0.717, 1.165) is 11.8 Å². The molecule has 0 amide bonds. The maximum atomic E-state index is 5.75. The van der Waals surface area contributed by atoms with Crippen LogP contribution in [0.15, 0.2) is 54.4 Å². The highest BCUT2D eigenvalue weighted by atomic mass is 16.5. The number of aromatic nitrogens is 1. The molecule has 1 saturated heterocycles. The van der Waals surface area contributed by atoms with E-state index in [4.69, 9.17) is 4.74 Å². The lowest BCUT2D eigenvalue weighted by atomic mass is 9.89. The Morgan fingerprint density at radius 2 is 1.88 bits per heavy atom. The average Bonchev–Trinajstić information content (AvgIpc) is 2.62. The molecule has 1 aliphatic heterocycles. The van der Waals surface area contributed by atoms with Crippen LogP contribution in [0.4, 0.5) is 0 Å². The quantitative estimate of drug-likeness (QED) is 0.793. The van der Waals surface area contributed by atoms with Gasteiger partial charge in [0, 0.05) is 25.3 Å². The number of nitrogens with zero attached hydrogens (tertiary/aromatic N) is 2. The highest BCUT2D eigenvalue weighted by molar-refractivity contribution is 5.53. The minimum atomic E-state index is 0.582. The van der Waals surface area contributed by atoms with E-state index in [-0.39, 0.29) is 0 Å². The van der Waals surface area contributed by atoms with E-state index in [1.807, 2.05) is 12.1 Å². The zero-order valence-corrected chi connectivity index (χ0v) is 14.7. The zero-order chi connectivity index (χ0) is 16.9. The van der Waals surface area contributed by atoms with Gasteiger partial charge in [0.25, 0.3) is 0 Å². The summed E-state index contributed by atoms with van der Waals surface area (Å²) in [4.78, 5) is 6.76. The van der Waals surface area contributed by atoms with E-state index >= 15 is 0 Å². The van der Waals surface area contributed by atoms with Crippen molar-refractivity contribution in [1.29, 1.82) is 0 Å². The van der Waals surface area contributed by atoms with E-state index in [1.54, 1.807) is 18.0 Å². The molecule has 1 aromatic carbocycles. The maximum Gasteiger partial charge on any atom is 0.138 e. The number of piperidine rings is 1. The van der Waals surface area contributed by atoms with Crippen LogP contribution in [0.1, 0.15) is 43.2 Å². The number of hydrogen-bond donors (Lipinski definition) is 0. The van der Waals surface area contributed by atoms with Crippen molar-refractivity contribution in [2.75, 3.05) is 13.1 Å². The molecule has 0 atom stereocenters. The lowest BCUT2D eigenvalue weighted by Crippen LogP contribution is -2.43. The lowest BCUT2D eigenvalue weighted by molar-refractivity contribution is 0.118. The average molecular weight is 334 g/mol. The molecular formula is C22H26N2O. The van der Waals surface area contributed by atoms with Crippen molar-refractivity contribution in [3.63, 3.8) is 0 Å². The first-order valence-electron chi connectivity index (χ1n) is 9.42. The van der Waals surface area contributed by atoms with Crippen LogP contribution in [0.5, 0.6) is 5.75 Å². The zero-order valence-electron chi connectivity index (χ0n) is 14.7. The van der Waals surface area contributed by atoms with Crippen LogP contribution < -0.4 is 4.74 Å². The number of benzene rings is 1. The van der Waals surface area contributed by atoms with Gasteiger partial charge in [-0.15, -0.1) is 0 Å². The normalized spacial score (nSPS) is 18.6. The van der Waals surface area contributed by atoms with Gasteiger partial charge in [-0.1, -0.05) is 42.3 Å². The van der Waals surface area contributed by atoms with Gasteiger partial charge in [0.05, 0.1) is 6.20 Å². The molecule has 2 heterocycles. The monoisotopic (exact) mass is 334 g/mol. The van der Waals surface area contributed by atoms with Crippen LogP contribution in [0.25, 0.3) is 6.08 Å². The Balaban J connectivity index is 1.30. The van der Waals surface area contributed by atoms with Gasteiger partial charge in [-0.25, -0.2) is 0 Å². The van der Waals surface area contributed by atoms with Gasteiger partial charge >= 0.3 is 0 Å². The second kappa shape index (κ2) is 7.83. The third-order valence-electron chi connectivity index (χ3n) is 5.42. The molecule has 1 saturated carbocycles. The van der Waals surface area contributed by atoms with E-state index in [1.165, 1.54) is 56.3 Å². The van der Waals surface area contributed by atoms with Crippen LogP contribution >= 0.6 is 0 Å². The molecule has 25 heavy (non-hydrogen) atoms. The first-order valence-corrected chi connectivity index (χ1v) is 9.42. The summed E-state index contributed by atoms with van der Waals surface area (Å²) in [5.41, 5.74) is 4.08. The van der Waals surface area contributed by atoms with Crippen molar-refractivity contribution in [2.45, 2.75) is 44.8 Å². The number of likely N-dealkylation sites (tertiary alicyclic amines) is 1. The Hall–Kier alpha value is -2.13. The van der Waals surface area contributed by atoms with E-state index in [9.17, 15) is 0 Å². The molecule has 4 rings (SSSR count). The largest absolute Gasteiger partial charge is 0.487 e. The van der Waals surface area contributed by atoms with Crippen LogP contribution in [-0.2, 0) is 6.61 Å². The van der Waals surface area contributed by atoms with Gasteiger partial charge in [-0.2, -0.15) is 0 Å². The molecule has 0 unspecified atom stereocenters. The number of ether oxygens (including phenoxy) is 1. The summed E-state index contributed by atoms with van der Waals surface area (Å²) in [6.07, 6.45) is 12.6. The molecule has 3 heteroatoms. The Morgan fingerprint density at radius 1 is 1.08 bits per heavy atom. The molecule has 1 aromatic heterocycles. The molecule has 1 aliphatic carbocycles. The van der Waals surface area contributed by atoms with Crippen molar-refractivity contribution < 1.29 is 4.74 Å². The summed E-state index contributed by atoms with van der Waals surface area (Å²) in [5, 5.41) is 0. The maximum absolute atomic E-state index is 5.75. The standard InChI is InChI=1S/C22H26N2O/c1-3-21(4-1)24-13-10-19(11-14-24)15-18-6-8-20(9-7-18)17-25-22-5-2-12-23-16-22/h2,5-9,12,15-16,21H,1,3-4,10-11,13-14,17H2. The molecule has 2 aromatic rings. The van der Waals surface area contributed by atoms with Crippen molar-refractivity contribution in [2.24, 2.45) is 0 Å². The predicted octanol–water partition coefficient (Wildman–Crippen LogP) is 4.69. The van der Waals surface area contributed by atoms with Gasteiger partial charge in [0.1, 0.15) is 12.4 Å². The molecule has 0 N–H and O–H groups in total. The van der Waals surface area contributed by atoms with E-state index in [0.29, 0.717) is 6.61 Å².